The van der Waals surface area contributed by atoms with Gasteiger partial charge in [-0.2, -0.15) is 11.8 Å². The second-order valence-electron chi connectivity index (χ2n) is 3.56. The Kier molecular flexibility index (Phi) is 3.43. The van der Waals surface area contributed by atoms with Crippen molar-refractivity contribution < 1.29 is 9.13 Å². The van der Waals surface area contributed by atoms with Gasteiger partial charge in [-0.15, -0.1) is 0 Å². The number of benzene rings is 1. The molecule has 3 heteroatoms. The Labute approximate surface area is 88.7 Å². The maximum atomic E-state index is 12.9. The summed E-state index contributed by atoms with van der Waals surface area (Å²) in [4.78, 5) is 0. The summed E-state index contributed by atoms with van der Waals surface area (Å²) < 4.78 is 18.0. The molecule has 78 valence electrons. The van der Waals surface area contributed by atoms with E-state index in [-0.39, 0.29) is 10.6 Å². The molecule has 0 fully saturated rings. The first-order valence-corrected chi connectivity index (χ1v) is 5.63. The number of methoxy groups -OCH3 is 1. The normalized spacial score (nSPS) is 11.5. The summed E-state index contributed by atoms with van der Waals surface area (Å²) in [6.07, 6.45) is 2.03. The molecule has 14 heavy (non-hydrogen) atoms. The predicted molar refractivity (Wildman–Crippen MR) is 59.5 cm³/mol. The highest BCUT2D eigenvalue weighted by atomic mass is 32.2. The number of halogens is 1. The SMILES string of the molecule is COc1cc(F)ccc1C(C)(C)SC. The van der Waals surface area contributed by atoms with E-state index in [0.29, 0.717) is 5.75 Å². The van der Waals surface area contributed by atoms with E-state index < -0.39 is 0 Å². The van der Waals surface area contributed by atoms with Crippen molar-refractivity contribution in [2.24, 2.45) is 0 Å². The molecule has 0 aliphatic heterocycles. The molecule has 0 aliphatic rings. The Bertz CT molecular complexity index is 323. The molecule has 0 spiro atoms. The molecular formula is C11H15FOS. The largest absolute Gasteiger partial charge is 0.496 e. The van der Waals surface area contributed by atoms with Crippen molar-refractivity contribution in [3.05, 3.63) is 29.6 Å². The maximum absolute atomic E-state index is 12.9. The van der Waals surface area contributed by atoms with Crippen LogP contribution < -0.4 is 4.74 Å². The van der Waals surface area contributed by atoms with Crippen molar-refractivity contribution in [1.29, 1.82) is 0 Å². The summed E-state index contributed by atoms with van der Waals surface area (Å²) in [7, 11) is 1.56. The van der Waals surface area contributed by atoms with Crippen molar-refractivity contribution >= 4 is 11.8 Å². The molecule has 1 aromatic rings. The average molecular weight is 214 g/mol. The Morgan fingerprint density at radius 3 is 2.50 bits per heavy atom. The highest BCUT2D eigenvalue weighted by Gasteiger charge is 2.23. The van der Waals surface area contributed by atoms with Crippen molar-refractivity contribution in [3.8, 4) is 5.75 Å². The molecule has 0 heterocycles. The molecular weight excluding hydrogens is 199 g/mol. The minimum Gasteiger partial charge on any atom is -0.496 e. The molecule has 0 aromatic heterocycles. The van der Waals surface area contributed by atoms with Crippen LogP contribution >= 0.6 is 11.8 Å². The number of rotatable bonds is 3. The molecule has 0 N–H and O–H groups in total. The van der Waals surface area contributed by atoms with Gasteiger partial charge in [0.2, 0.25) is 0 Å². The first-order chi connectivity index (χ1) is 6.51. The standard InChI is InChI=1S/C11H15FOS/c1-11(2,14-4)9-6-5-8(12)7-10(9)13-3/h5-7H,1-4H3. The Morgan fingerprint density at radius 2 is 2.00 bits per heavy atom. The Hall–Kier alpha value is -0.700. The fourth-order valence-electron chi connectivity index (χ4n) is 1.27. The highest BCUT2D eigenvalue weighted by Crippen LogP contribution is 2.39. The number of hydrogen-bond acceptors (Lipinski definition) is 2. The van der Waals surface area contributed by atoms with Gasteiger partial charge in [0.15, 0.2) is 0 Å². The van der Waals surface area contributed by atoms with Crippen molar-refractivity contribution in [2.75, 3.05) is 13.4 Å². The smallest absolute Gasteiger partial charge is 0.126 e. The first kappa shape index (κ1) is 11.4. The van der Waals surface area contributed by atoms with E-state index in [1.807, 2.05) is 6.26 Å². The number of thioether (sulfide) groups is 1. The molecule has 0 amide bonds. The topological polar surface area (TPSA) is 9.23 Å². The zero-order valence-corrected chi connectivity index (χ0v) is 9.74. The molecule has 0 bridgehead atoms. The highest BCUT2D eigenvalue weighted by molar-refractivity contribution is 7.99. The monoisotopic (exact) mass is 214 g/mol. The van der Waals surface area contributed by atoms with E-state index in [4.69, 9.17) is 4.74 Å². The lowest BCUT2D eigenvalue weighted by Crippen LogP contribution is -2.12. The Morgan fingerprint density at radius 1 is 1.36 bits per heavy atom. The minimum absolute atomic E-state index is 0.0565. The lowest BCUT2D eigenvalue weighted by atomic mass is 10.0. The molecule has 0 saturated carbocycles. The van der Waals surface area contributed by atoms with Gasteiger partial charge in [-0.25, -0.2) is 4.39 Å². The van der Waals surface area contributed by atoms with Crippen LogP contribution in [0.4, 0.5) is 4.39 Å². The summed E-state index contributed by atoms with van der Waals surface area (Å²) in [5.41, 5.74) is 1.02. The summed E-state index contributed by atoms with van der Waals surface area (Å²) in [5, 5.41) is 0. The zero-order valence-electron chi connectivity index (χ0n) is 8.93. The van der Waals surface area contributed by atoms with Crippen LogP contribution in [0.3, 0.4) is 0 Å². The van der Waals surface area contributed by atoms with Gasteiger partial charge < -0.3 is 4.74 Å². The van der Waals surface area contributed by atoms with Crippen LogP contribution in [0.5, 0.6) is 5.75 Å². The van der Waals surface area contributed by atoms with Crippen LogP contribution in [0.25, 0.3) is 0 Å². The van der Waals surface area contributed by atoms with Crippen LogP contribution in [-0.2, 0) is 4.75 Å². The summed E-state index contributed by atoms with van der Waals surface area (Å²) in [5.74, 6) is 0.354. The van der Waals surface area contributed by atoms with Crippen LogP contribution in [-0.4, -0.2) is 13.4 Å². The van der Waals surface area contributed by atoms with E-state index >= 15 is 0 Å². The Balaban J connectivity index is 3.20. The molecule has 0 saturated heterocycles. The molecule has 0 aliphatic carbocycles. The second-order valence-corrected chi connectivity index (χ2v) is 4.99. The van der Waals surface area contributed by atoms with E-state index in [9.17, 15) is 4.39 Å². The molecule has 1 rings (SSSR count). The van der Waals surface area contributed by atoms with Gasteiger partial charge in [0.25, 0.3) is 0 Å². The zero-order chi connectivity index (χ0) is 10.8. The quantitative estimate of drug-likeness (QED) is 0.762. The van der Waals surface area contributed by atoms with E-state index in [1.165, 1.54) is 12.1 Å². The molecule has 1 aromatic carbocycles. The van der Waals surface area contributed by atoms with E-state index in [1.54, 1.807) is 24.9 Å². The summed E-state index contributed by atoms with van der Waals surface area (Å²) in [6.45, 7) is 4.18. The second kappa shape index (κ2) is 4.22. The fourth-order valence-corrected chi connectivity index (χ4v) is 1.66. The molecule has 1 nitrogen and oxygen atoms in total. The van der Waals surface area contributed by atoms with Gasteiger partial charge in [0.05, 0.1) is 7.11 Å². The van der Waals surface area contributed by atoms with Crippen LogP contribution in [0.1, 0.15) is 19.4 Å². The van der Waals surface area contributed by atoms with Gasteiger partial charge in [-0.05, 0) is 26.2 Å². The third-order valence-electron chi connectivity index (χ3n) is 2.32. The fraction of sp³-hybridized carbons (Fsp3) is 0.455. The van der Waals surface area contributed by atoms with Gasteiger partial charge >= 0.3 is 0 Å². The van der Waals surface area contributed by atoms with Gasteiger partial charge in [0.1, 0.15) is 11.6 Å². The maximum Gasteiger partial charge on any atom is 0.126 e. The first-order valence-electron chi connectivity index (χ1n) is 4.40. The average Bonchev–Trinajstić information content (AvgIpc) is 2.17. The lowest BCUT2D eigenvalue weighted by Gasteiger charge is -2.24. The van der Waals surface area contributed by atoms with Crippen LogP contribution in [0, 0.1) is 5.82 Å². The van der Waals surface area contributed by atoms with E-state index in [0.717, 1.165) is 5.56 Å². The molecule has 0 unspecified atom stereocenters. The van der Waals surface area contributed by atoms with Gasteiger partial charge in [-0.3, -0.25) is 0 Å². The third-order valence-corrected chi connectivity index (χ3v) is 3.56. The van der Waals surface area contributed by atoms with Crippen molar-refractivity contribution in [2.45, 2.75) is 18.6 Å². The third kappa shape index (κ3) is 2.21. The summed E-state index contributed by atoms with van der Waals surface area (Å²) >= 11 is 1.71. The number of hydrogen-bond donors (Lipinski definition) is 0. The van der Waals surface area contributed by atoms with Gasteiger partial charge in [0, 0.05) is 16.4 Å². The van der Waals surface area contributed by atoms with Crippen molar-refractivity contribution in [1.82, 2.24) is 0 Å². The lowest BCUT2D eigenvalue weighted by molar-refractivity contribution is 0.402. The number of ether oxygens (including phenoxy) is 1. The van der Waals surface area contributed by atoms with Gasteiger partial charge in [-0.1, -0.05) is 6.07 Å². The summed E-state index contributed by atoms with van der Waals surface area (Å²) in [6, 6.07) is 4.67. The predicted octanol–water partition coefficient (Wildman–Crippen LogP) is 3.43. The van der Waals surface area contributed by atoms with E-state index in [2.05, 4.69) is 13.8 Å². The minimum atomic E-state index is -0.262. The van der Waals surface area contributed by atoms with Crippen molar-refractivity contribution in [3.63, 3.8) is 0 Å². The van der Waals surface area contributed by atoms with Crippen LogP contribution in [0.15, 0.2) is 18.2 Å². The molecule has 0 atom stereocenters. The molecule has 0 radical (unpaired) electrons. The van der Waals surface area contributed by atoms with Crippen LogP contribution in [0.2, 0.25) is 0 Å².